The third-order valence-electron chi connectivity index (χ3n) is 2.51. The molecule has 0 spiro atoms. The highest BCUT2D eigenvalue weighted by Crippen LogP contribution is 2.06. The molecule has 0 aromatic carbocycles. The summed E-state index contributed by atoms with van der Waals surface area (Å²) in [6.45, 7) is 0.768. The summed E-state index contributed by atoms with van der Waals surface area (Å²) in [7, 11) is 1.45. The van der Waals surface area contributed by atoms with Crippen molar-refractivity contribution in [2.24, 2.45) is 0 Å². The number of carbonyl (C=O) groups is 1. The molecule has 0 aromatic heterocycles. The van der Waals surface area contributed by atoms with Gasteiger partial charge in [-0.1, -0.05) is 6.92 Å². The molecular weight excluding hydrogens is 230 g/mol. The zero-order chi connectivity index (χ0) is 13.6. The van der Waals surface area contributed by atoms with Crippen molar-refractivity contribution in [3.8, 4) is 0 Å². The molecule has 17 heavy (non-hydrogen) atoms. The highest BCUT2D eigenvalue weighted by atomic mass is 16.4. The molecular formula is C10H21NO6. The largest absolute Gasteiger partial charge is 0.394 e. The van der Waals surface area contributed by atoms with E-state index in [4.69, 9.17) is 10.2 Å². The van der Waals surface area contributed by atoms with Crippen LogP contribution in [0.3, 0.4) is 0 Å². The van der Waals surface area contributed by atoms with Crippen molar-refractivity contribution in [1.29, 1.82) is 0 Å². The molecule has 0 aliphatic carbocycles. The number of rotatable bonds is 7. The van der Waals surface area contributed by atoms with Gasteiger partial charge < -0.3 is 30.4 Å². The number of nitrogens with zero attached hydrogens (tertiary/aromatic N) is 1. The van der Waals surface area contributed by atoms with Crippen molar-refractivity contribution in [3.05, 3.63) is 0 Å². The lowest BCUT2D eigenvalue weighted by atomic mass is 10.0. The van der Waals surface area contributed by atoms with Gasteiger partial charge in [-0.15, -0.1) is 0 Å². The third kappa shape index (κ3) is 4.97. The van der Waals surface area contributed by atoms with Gasteiger partial charge in [0.2, 0.25) is 5.91 Å². The van der Waals surface area contributed by atoms with Gasteiger partial charge in [0.25, 0.3) is 0 Å². The van der Waals surface area contributed by atoms with Crippen molar-refractivity contribution in [3.63, 3.8) is 0 Å². The molecule has 0 heterocycles. The Morgan fingerprint density at radius 2 is 1.59 bits per heavy atom. The van der Waals surface area contributed by atoms with Crippen molar-refractivity contribution in [1.82, 2.24) is 4.90 Å². The van der Waals surface area contributed by atoms with Crippen LogP contribution in [0.5, 0.6) is 0 Å². The molecule has 0 aromatic rings. The van der Waals surface area contributed by atoms with Crippen LogP contribution in [0.4, 0.5) is 0 Å². The molecule has 5 N–H and O–H groups in total. The van der Waals surface area contributed by atoms with Crippen molar-refractivity contribution in [2.45, 2.75) is 37.8 Å². The van der Waals surface area contributed by atoms with Crippen LogP contribution in [0.1, 0.15) is 13.3 Å². The number of amides is 1. The number of hydrogen-bond donors (Lipinski definition) is 5. The predicted molar refractivity (Wildman–Crippen MR) is 59.0 cm³/mol. The monoisotopic (exact) mass is 251 g/mol. The lowest BCUT2D eigenvalue weighted by molar-refractivity contribution is -0.137. The maximum absolute atomic E-state index is 11.2. The van der Waals surface area contributed by atoms with Gasteiger partial charge in [0.05, 0.1) is 6.61 Å². The zero-order valence-corrected chi connectivity index (χ0v) is 10.0. The molecule has 1 amide bonds. The van der Waals surface area contributed by atoms with Gasteiger partial charge in [-0.2, -0.15) is 0 Å². The summed E-state index contributed by atoms with van der Waals surface area (Å²) < 4.78 is 0. The van der Waals surface area contributed by atoms with Crippen LogP contribution in [0, 0.1) is 0 Å². The highest BCUT2D eigenvalue weighted by Gasteiger charge is 2.30. The van der Waals surface area contributed by atoms with Crippen LogP contribution in [0.2, 0.25) is 0 Å². The van der Waals surface area contributed by atoms with E-state index in [0.717, 1.165) is 0 Å². The van der Waals surface area contributed by atoms with Crippen molar-refractivity contribution in [2.75, 3.05) is 20.2 Å². The van der Waals surface area contributed by atoms with Gasteiger partial charge in [-0.05, 0) is 0 Å². The topological polar surface area (TPSA) is 121 Å². The fraction of sp³-hybridized carbons (Fsp3) is 0.900. The quantitative estimate of drug-likeness (QED) is 0.335. The summed E-state index contributed by atoms with van der Waals surface area (Å²) in [5, 5.41) is 46.0. The van der Waals surface area contributed by atoms with Crippen molar-refractivity contribution < 1.29 is 30.3 Å². The lowest BCUT2D eigenvalue weighted by Gasteiger charge is -2.28. The normalized spacial score (nSPS) is 18.3. The first kappa shape index (κ1) is 16.3. The van der Waals surface area contributed by atoms with E-state index in [1.165, 1.54) is 11.9 Å². The first-order valence-electron chi connectivity index (χ1n) is 5.42. The van der Waals surface area contributed by atoms with Gasteiger partial charge in [0, 0.05) is 20.0 Å². The van der Waals surface area contributed by atoms with Gasteiger partial charge in [-0.25, -0.2) is 0 Å². The maximum atomic E-state index is 11.2. The first-order chi connectivity index (χ1) is 7.84. The SMILES string of the molecule is CCC(=O)N(C)CC(O)C(O)C(O)C(O)CO. The molecule has 0 radical (unpaired) electrons. The Balaban J connectivity index is 4.30. The van der Waals surface area contributed by atoms with Gasteiger partial charge in [0.1, 0.15) is 24.4 Å². The molecule has 7 nitrogen and oxygen atoms in total. The molecule has 7 heteroatoms. The standard InChI is InChI=1S/C10H21NO6/c1-3-8(15)11(2)4-6(13)9(16)10(17)7(14)5-12/h6-7,9-10,12-14,16-17H,3-5H2,1-2H3. The Morgan fingerprint density at radius 3 is 2.00 bits per heavy atom. The lowest BCUT2D eigenvalue weighted by Crippen LogP contribution is -2.49. The second kappa shape index (κ2) is 7.57. The average Bonchev–Trinajstić information content (AvgIpc) is 2.34. The summed E-state index contributed by atoms with van der Waals surface area (Å²) in [5.41, 5.74) is 0. The molecule has 4 unspecified atom stereocenters. The number of carbonyl (C=O) groups excluding carboxylic acids is 1. The second-order valence-corrected chi connectivity index (χ2v) is 3.93. The number of aliphatic hydroxyl groups excluding tert-OH is 5. The van der Waals surface area contributed by atoms with E-state index in [-0.39, 0.29) is 18.9 Å². The number of aliphatic hydroxyl groups is 5. The molecule has 4 atom stereocenters. The minimum atomic E-state index is -1.67. The zero-order valence-electron chi connectivity index (χ0n) is 10.0. The Kier molecular flexibility index (Phi) is 7.24. The van der Waals surface area contributed by atoms with Crippen molar-refractivity contribution >= 4 is 5.91 Å². The van der Waals surface area contributed by atoms with Gasteiger partial charge >= 0.3 is 0 Å². The van der Waals surface area contributed by atoms with E-state index in [1.54, 1.807) is 6.92 Å². The Bertz CT molecular complexity index is 237. The minimum absolute atomic E-state index is 0.164. The number of hydrogen-bond acceptors (Lipinski definition) is 6. The minimum Gasteiger partial charge on any atom is -0.394 e. The highest BCUT2D eigenvalue weighted by molar-refractivity contribution is 5.75. The summed E-state index contributed by atoms with van der Waals surface area (Å²) in [6, 6.07) is 0. The van der Waals surface area contributed by atoms with E-state index in [0.29, 0.717) is 0 Å². The molecule has 0 bridgehead atoms. The molecule has 0 aliphatic heterocycles. The van der Waals surface area contributed by atoms with Crippen LogP contribution in [-0.2, 0) is 4.79 Å². The first-order valence-corrected chi connectivity index (χ1v) is 5.42. The second-order valence-electron chi connectivity index (χ2n) is 3.93. The van der Waals surface area contributed by atoms with Gasteiger partial charge in [0.15, 0.2) is 0 Å². The summed E-state index contributed by atoms with van der Waals surface area (Å²) in [5.74, 6) is -0.214. The van der Waals surface area contributed by atoms with E-state index in [1.807, 2.05) is 0 Å². The number of likely N-dealkylation sites (N-methyl/N-ethyl adjacent to an activating group) is 1. The molecule has 0 fully saturated rings. The molecule has 102 valence electrons. The third-order valence-corrected chi connectivity index (χ3v) is 2.51. The summed E-state index contributed by atoms with van der Waals surface area (Å²) >= 11 is 0. The Hall–Kier alpha value is -0.730. The van der Waals surface area contributed by atoms with Crippen LogP contribution in [-0.4, -0.2) is 81.0 Å². The van der Waals surface area contributed by atoms with Crippen LogP contribution < -0.4 is 0 Å². The fourth-order valence-corrected chi connectivity index (χ4v) is 1.32. The molecule has 0 saturated carbocycles. The average molecular weight is 251 g/mol. The van der Waals surface area contributed by atoms with E-state index in [9.17, 15) is 20.1 Å². The van der Waals surface area contributed by atoms with Crippen LogP contribution in [0.25, 0.3) is 0 Å². The summed E-state index contributed by atoms with van der Waals surface area (Å²) in [4.78, 5) is 12.4. The smallest absolute Gasteiger partial charge is 0.222 e. The fourth-order valence-electron chi connectivity index (χ4n) is 1.32. The Labute approximate surface area is 99.9 Å². The summed E-state index contributed by atoms with van der Waals surface area (Å²) in [6.07, 6.45) is -5.97. The molecule has 0 aliphatic rings. The van der Waals surface area contributed by atoms with E-state index in [2.05, 4.69) is 0 Å². The van der Waals surface area contributed by atoms with Crippen LogP contribution >= 0.6 is 0 Å². The maximum Gasteiger partial charge on any atom is 0.222 e. The predicted octanol–water partition coefficient (Wildman–Crippen LogP) is -2.71. The van der Waals surface area contributed by atoms with Crippen LogP contribution in [0.15, 0.2) is 0 Å². The van der Waals surface area contributed by atoms with Gasteiger partial charge in [-0.3, -0.25) is 4.79 Å². The van der Waals surface area contributed by atoms with E-state index >= 15 is 0 Å². The van der Waals surface area contributed by atoms with E-state index < -0.39 is 31.0 Å². The Morgan fingerprint density at radius 1 is 1.12 bits per heavy atom. The molecule has 0 saturated heterocycles. The molecule has 0 rings (SSSR count).